The molecule has 0 aliphatic carbocycles. The molecule has 180 valence electrons. The van der Waals surface area contributed by atoms with Crippen molar-refractivity contribution in [3.8, 4) is 17.6 Å². The maximum absolute atomic E-state index is 13.2. The van der Waals surface area contributed by atoms with E-state index in [1.54, 1.807) is 54.0 Å². The van der Waals surface area contributed by atoms with Crippen molar-refractivity contribution >= 4 is 44.7 Å². The van der Waals surface area contributed by atoms with Crippen LogP contribution in [0.4, 0.5) is 29.7 Å². The number of rotatable bonds is 6. The molecule has 0 saturated carbocycles. The van der Waals surface area contributed by atoms with Gasteiger partial charge in [0.1, 0.15) is 12.3 Å². The minimum Gasteiger partial charge on any atom is -0.495 e. The van der Waals surface area contributed by atoms with Crippen LogP contribution < -0.4 is 21.1 Å². The van der Waals surface area contributed by atoms with Crippen LogP contribution in [0.3, 0.4) is 0 Å². The minimum absolute atomic E-state index is 0.129. The highest BCUT2D eigenvalue weighted by atomic mass is 32.1. The first-order chi connectivity index (χ1) is 16.7. The van der Waals surface area contributed by atoms with Gasteiger partial charge in [0.2, 0.25) is 0 Å². The number of halogens is 3. The van der Waals surface area contributed by atoms with Crippen molar-refractivity contribution in [3.05, 3.63) is 65.3 Å². The Morgan fingerprint density at radius 2 is 2.09 bits per heavy atom. The predicted octanol–water partition coefficient (Wildman–Crippen LogP) is 4.97. The van der Waals surface area contributed by atoms with Crippen LogP contribution in [0.5, 0.6) is 5.75 Å². The van der Waals surface area contributed by atoms with Crippen molar-refractivity contribution in [3.63, 3.8) is 0 Å². The number of carbonyl (C=O) groups is 1. The molecule has 35 heavy (non-hydrogen) atoms. The summed E-state index contributed by atoms with van der Waals surface area (Å²) >= 11 is 1.30. The zero-order valence-electron chi connectivity index (χ0n) is 18.4. The van der Waals surface area contributed by atoms with Crippen LogP contribution in [0, 0.1) is 11.8 Å². The van der Waals surface area contributed by atoms with Gasteiger partial charge in [0.15, 0.2) is 5.13 Å². The second-order valence-corrected chi connectivity index (χ2v) is 8.27. The van der Waals surface area contributed by atoms with Gasteiger partial charge in [-0.05, 0) is 42.3 Å². The van der Waals surface area contributed by atoms with Crippen LogP contribution >= 0.6 is 11.3 Å². The topological polar surface area (TPSA) is 94.2 Å². The molecule has 0 fully saturated rings. The first-order valence-electron chi connectivity index (χ1n) is 10.3. The average Bonchev–Trinajstić information content (AvgIpc) is 3.44. The van der Waals surface area contributed by atoms with Gasteiger partial charge in [0.25, 0.3) is 5.91 Å². The average molecular weight is 500 g/mol. The number of nitrogens with one attached hydrogen (secondary N) is 2. The van der Waals surface area contributed by atoms with E-state index in [1.165, 1.54) is 18.4 Å². The highest BCUT2D eigenvalue weighted by Gasteiger charge is 2.29. The van der Waals surface area contributed by atoms with Gasteiger partial charge in [-0.25, -0.2) is 4.98 Å². The van der Waals surface area contributed by atoms with Crippen LogP contribution in [0.25, 0.3) is 10.9 Å². The molecule has 0 aliphatic rings. The largest absolute Gasteiger partial charge is 0.495 e. The molecule has 7 nitrogen and oxygen atoms in total. The Morgan fingerprint density at radius 3 is 2.80 bits per heavy atom. The van der Waals surface area contributed by atoms with Gasteiger partial charge in [0, 0.05) is 28.2 Å². The first-order valence-corrected chi connectivity index (χ1v) is 11.2. The number of hydrogen-bond donors (Lipinski definition) is 3. The highest BCUT2D eigenvalue weighted by Crippen LogP contribution is 2.29. The van der Waals surface area contributed by atoms with Crippen LogP contribution in [0.1, 0.15) is 16.1 Å². The molecule has 0 aliphatic heterocycles. The van der Waals surface area contributed by atoms with Gasteiger partial charge >= 0.3 is 6.18 Å². The summed E-state index contributed by atoms with van der Waals surface area (Å²) in [6.07, 6.45) is -2.82. The summed E-state index contributed by atoms with van der Waals surface area (Å²) in [5.41, 5.74) is 7.85. The van der Waals surface area contributed by atoms with Crippen molar-refractivity contribution in [2.75, 3.05) is 30.0 Å². The maximum Gasteiger partial charge on any atom is 0.406 e. The molecule has 2 aromatic carbocycles. The van der Waals surface area contributed by atoms with Crippen LogP contribution in [0.15, 0.2) is 54.0 Å². The summed E-state index contributed by atoms with van der Waals surface area (Å²) in [7, 11) is 1.47. The number of nitrogen functional groups attached to an aromatic ring is 1. The van der Waals surface area contributed by atoms with Gasteiger partial charge in [-0.15, -0.1) is 11.3 Å². The monoisotopic (exact) mass is 499 g/mol. The molecule has 4 N–H and O–H groups in total. The Kier molecular flexibility index (Phi) is 6.84. The lowest BCUT2D eigenvalue weighted by Crippen LogP contribution is -2.18. The SMILES string of the molecule is COc1cc(C(=O)Nc2nccs2)ccc1NCC#Cc1cc2c(N)cccc2n1CC(F)(F)F. The lowest BCUT2D eigenvalue weighted by molar-refractivity contribution is -0.140. The number of nitrogens with two attached hydrogens (primary N) is 1. The molecular formula is C24H20F3N5O2S. The molecular weight excluding hydrogens is 479 g/mol. The molecule has 0 atom stereocenters. The fourth-order valence-electron chi connectivity index (χ4n) is 3.47. The molecule has 4 rings (SSSR count). The van der Waals surface area contributed by atoms with Gasteiger partial charge < -0.3 is 20.4 Å². The number of aromatic nitrogens is 2. The first kappa shape index (κ1) is 24.0. The Balaban J connectivity index is 1.50. The number of hydrogen-bond acceptors (Lipinski definition) is 6. The number of thiazole rings is 1. The summed E-state index contributed by atoms with van der Waals surface area (Å²) in [4.78, 5) is 16.4. The molecule has 0 unspecified atom stereocenters. The summed E-state index contributed by atoms with van der Waals surface area (Å²) in [6.45, 7) is -1.04. The van der Waals surface area contributed by atoms with E-state index in [9.17, 15) is 18.0 Å². The maximum atomic E-state index is 13.2. The van der Waals surface area contributed by atoms with E-state index in [0.29, 0.717) is 38.7 Å². The fraction of sp³-hybridized carbons (Fsp3) is 0.167. The number of amides is 1. The van der Waals surface area contributed by atoms with E-state index >= 15 is 0 Å². The Labute approximate surface area is 202 Å². The molecule has 0 saturated heterocycles. The van der Waals surface area contributed by atoms with E-state index in [2.05, 4.69) is 27.5 Å². The summed E-state index contributed by atoms with van der Waals surface area (Å²) in [5, 5.41) is 8.51. The Hall–Kier alpha value is -4.17. The molecule has 0 bridgehead atoms. The summed E-state index contributed by atoms with van der Waals surface area (Å²) in [5.74, 6) is 5.72. The number of ether oxygens (including phenoxy) is 1. The predicted molar refractivity (Wildman–Crippen MR) is 131 cm³/mol. The van der Waals surface area contributed by atoms with E-state index in [1.807, 2.05) is 0 Å². The van der Waals surface area contributed by atoms with E-state index in [4.69, 9.17) is 10.5 Å². The number of carbonyl (C=O) groups excluding carboxylic acids is 1. The van der Waals surface area contributed by atoms with Crippen LogP contribution in [0.2, 0.25) is 0 Å². The third kappa shape index (κ3) is 5.67. The van der Waals surface area contributed by atoms with E-state index in [0.717, 1.165) is 4.57 Å². The Morgan fingerprint density at radius 1 is 1.26 bits per heavy atom. The number of benzene rings is 2. The van der Waals surface area contributed by atoms with Crippen molar-refractivity contribution < 1.29 is 22.7 Å². The molecule has 2 aromatic heterocycles. The molecule has 0 spiro atoms. The zero-order chi connectivity index (χ0) is 25.0. The molecule has 4 aromatic rings. The van der Waals surface area contributed by atoms with Crippen molar-refractivity contribution in [1.82, 2.24) is 9.55 Å². The normalized spacial score (nSPS) is 11.1. The fourth-order valence-corrected chi connectivity index (χ4v) is 3.99. The second kappa shape index (κ2) is 9.99. The lowest BCUT2D eigenvalue weighted by atomic mass is 10.1. The van der Waals surface area contributed by atoms with Gasteiger partial charge in [-0.1, -0.05) is 12.0 Å². The quantitative estimate of drug-likeness (QED) is 0.257. The molecule has 1 amide bonds. The molecule has 11 heteroatoms. The third-order valence-corrected chi connectivity index (χ3v) is 5.71. The Bertz CT molecular complexity index is 1420. The zero-order valence-corrected chi connectivity index (χ0v) is 19.3. The van der Waals surface area contributed by atoms with Gasteiger partial charge in [0.05, 0.1) is 30.6 Å². The summed E-state index contributed by atoms with van der Waals surface area (Å²) in [6, 6.07) is 11.2. The third-order valence-electron chi connectivity index (χ3n) is 5.02. The van der Waals surface area contributed by atoms with Crippen LogP contribution in [-0.2, 0) is 6.54 Å². The van der Waals surface area contributed by atoms with Crippen molar-refractivity contribution in [2.24, 2.45) is 0 Å². The highest BCUT2D eigenvalue weighted by molar-refractivity contribution is 7.13. The smallest absolute Gasteiger partial charge is 0.406 e. The number of alkyl halides is 3. The van der Waals surface area contributed by atoms with E-state index < -0.39 is 12.7 Å². The van der Waals surface area contributed by atoms with Gasteiger partial charge in [-0.2, -0.15) is 13.2 Å². The minimum atomic E-state index is -4.41. The standard InChI is InChI=1S/C24H20F3N5O2S/c1-34-21-12-15(22(33)31-23-30-10-11-35-23)7-8-19(21)29-9-3-4-16-13-17-18(28)5-2-6-20(17)32(16)14-24(25,26)27/h2,5-8,10-13,29H,9,14,28H2,1H3,(H,30,31,33). The van der Waals surface area contributed by atoms with Crippen LogP contribution in [-0.4, -0.2) is 35.3 Å². The number of nitrogens with zero attached hydrogens (tertiary/aromatic N) is 2. The summed E-state index contributed by atoms with van der Waals surface area (Å²) < 4.78 is 45.9. The number of fused-ring (bicyclic) bond motifs is 1. The molecule has 0 radical (unpaired) electrons. The number of anilines is 3. The van der Waals surface area contributed by atoms with Gasteiger partial charge in [-0.3, -0.25) is 10.1 Å². The van der Waals surface area contributed by atoms with Crippen molar-refractivity contribution in [2.45, 2.75) is 12.7 Å². The lowest BCUT2D eigenvalue weighted by Gasteiger charge is -2.11. The number of methoxy groups -OCH3 is 1. The molecule has 2 heterocycles. The van der Waals surface area contributed by atoms with E-state index in [-0.39, 0.29) is 18.1 Å². The second-order valence-electron chi connectivity index (χ2n) is 7.37. The van der Waals surface area contributed by atoms with Crippen molar-refractivity contribution in [1.29, 1.82) is 0 Å².